The van der Waals surface area contributed by atoms with E-state index in [0.29, 0.717) is 5.69 Å². The Morgan fingerprint density at radius 2 is 1.80 bits per heavy atom. The van der Waals surface area contributed by atoms with Crippen molar-refractivity contribution in [2.24, 2.45) is 0 Å². The molecule has 1 aliphatic heterocycles. The van der Waals surface area contributed by atoms with Crippen LogP contribution in [0.2, 0.25) is 0 Å². The molecule has 134 valence electrons. The van der Waals surface area contributed by atoms with Crippen LogP contribution in [0.1, 0.15) is 11.1 Å². The van der Waals surface area contributed by atoms with Crippen molar-refractivity contribution in [3.8, 4) is 0 Å². The van der Waals surface area contributed by atoms with Gasteiger partial charge in [-0.25, -0.2) is 8.42 Å². The lowest BCUT2D eigenvalue weighted by molar-refractivity contribution is 0.0342. The van der Waals surface area contributed by atoms with Gasteiger partial charge in [0.05, 0.1) is 18.1 Å². The van der Waals surface area contributed by atoms with Gasteiger partial charge in [0.25, 0.3) is 10.0 Å². The van der Waals surface area contributed by atoms with E-state index in [9.17, 15) is 8.42 Å². The molecule has 0 spiro atoms. The van der Waals surface area contributed by atoms with Gasteiger partial charge in [0, 0.05) is 29.8 Å². The highest BCUT2D eigenvalue weighted by atomic mass is 79.9. The van der Waals surface area contributed by atoms with Crippen LogP contribution in [0.3, 0.4) is 0 Å². The van der Waals surface area contributed by atoms with Crippen LogP contribution in [0.15, 0.2) is 51.8 Å². The van der Waals surface area contributed by atoms with Gasteiger partial charge in [-0.15, -0.1) is 0 Å². The van der Waals surface area contributed by atoms with Crippen molar-refractivity contribution < 1.29 is 13.2 Å². The Bertz CT molecular complexity index is 832. The summed E-state index contributed by atoms with van der Waals surface area (Å²) in [5.41, 5.74) is 2.60. The first-order valence-electron chi connectivity index (χ1n) is 8.12. The molecule has 2 aromatic rings. The van der Waals surface area contributed by atoms with Crippen molar-refractivity contribution >= 4 is 31.6 Å². The fraction of sp³-hybridized carbons (Fsp3) is 0.333. The minimum Gasteiger partial charge on any atom is -0.379 e. The molecule has 0 aliphatic carbocycles. The van der Waals surface area contributed by atoms with Crippen molar-refractivity contribution in [2.45, 2.75) is 18.4 Å². The van der Waals surface area contributed by atoms with E-state index in [-0.39, 0.29) is 4.90 Å². The molecular weight excluding hydrogens is 404 g/mol. The van der Waals surface area contributed by atoms with Crippen molar-refractivity contribution in [3.05, 3.63) is 58.1 Å². The van der Waals surface area contributed by atoms with E-state index in [1.165, 1.54) is 0 Å². The Morgan fingerprint density at radius 1 is 1.12 bits per heavy atom. The molecule has 1 aliphatic rings. The number of benzene rings is 2. The van der Waals surface area contributed by atoms with Crippen molar-refractivity contribution in [2.75, 3.05) is 31.0 Å². The van der Waals surface area contributed by atoms with Crippen LogP contribution in [-0.2, 0) is 21.3 Å². The summed E-state index contributed by atoms with van der Waals surface area (Å²) < 4.78 is 33.9. The molecule has 0 radical (unpaired) electrons. The molecule has 3 rings (SSSR count). The first kappa shape index (κ1) is 18.4. The highest BCUT2D eigenvalue weighted by molar-refractivity contribution is 9.10. The number of hydrogen-bond acceptors (Lipinski definition) is 4. The number of sulfonamides is 1. The zero-order chi connectivity index (χ0) is 17.9. The van der Waals surface area contributed by atoms with Gasteiger partial charge in [0.2, 0.25) is 0 Å². The minimum atomic E-state index is -3.59. The van der Waals surface area contributed by atoms with Crippen LogP contribution in [0, 0.1) is 6.92 Å². The second-order valence-electron chi connectivity index (χ2n) is 6.10. The quantitative estimate of drug-likeness (QED) is 0.798. The normalized spacial score (nSPS) is 15.9. The van der Waals surface area contributed by atoms with Gasteiger partial charge in [-0.3, -0.25) is 9.62 Å². The monoisotopic (exact) mass is 424 g/mol. The fourth-order valence-corrected chi connectivity index (χ4v) is 4.08. The molecular formula is C18H21BrN2O3S. The topological polar surface area (TPSA) is 58.6 Å². The Morgan fingerprint density at radius 3 is 2.44 bits per heavy atom. The van der Waals surface area contributed by atoms with Gasteiger partial charge in [0.15, 0.2) is 0 Å². The molecule has 0 unspecified atom stereocenters. The smallest absolute Gasteiger partial charge is 0.261 e. The lowest BCUT2D eigenvalue weighted by Gasteiger charge is -2.26. The zero-order valence-electron chi connectivity index (χ0n) is 14.0. The lowest BCUT2D eigenvalue weighted by atomic mass is 10.2. The van der Waals surface area contributed by atoms with E-state index in [0.717, 1.165) is 48.4 Å². The van der Waals surface area contributed by atoms with Crippen LogP contribution < -0.4 is 4.72 Å². The molecule has 1 heterocycles. The minimum absolute atomic E-state index is 0.255. The third kappa shape index (κ3) is 4.82. The maximum absolute atomic E-state index is 12.5. The number of morpholine rings is 1. The largest absolute Gasteiger partial charge is 0.379 e. The van der Waals surface area contributed by atoms with Crippen molar-refractivity contribution in [3.63, 3.8) is 0 Å². The molecule has 1 N–H and O–H groups in total. The third-order valence-electron chi connectivity index (χ3n) is 4.16. The Balaban J connectivity index is 1.68. The van der Waals surface area contributed by atoms with E-state index in [1.54, 1.807) is 30.3 Å². The number of aryl methyl sites for hydroxylation is 1. The summed E-state index contributed by atoms with van der Waals surface area (Å²) in [5, 5.41) is 0. The van der Waals surface area contributed by atoms with E-state index in [4.69, 9.17) is 4.74 Å². The number of halogens is 1. The average Bonchev–Trinajstić information content (AvgIpc) is 2.60. The standard InChI is InChI=1S/C18H21BrN2O3S/c1-14-12-17(6-7-18(14)19)25(22,23)20-16-4-2-15(3-5-16)13-21-8-10-24-11-9-21/h2-7,12,20H,8-11,13H2,1H3. The number of anilines is 1. The van der Waals surface area contributed by atoms with Crippen LogP contribution in [-0.4, -0.2) is 39.6 Å². The van der Waals surface area contributed by atoms with Crippen molar-refractivity contribution in [1.29, 1.82) is 0 Å². The molecule has 7 heteroatoms. The number of ether oxygens (including phenoxy) is 1. The molecule has 2 aromatic carbocycles. The maximum Gasteiger partial charge on any atom is 0.261 e. The molecule has 0 saturated carbocycles. The maximum atomic E-state index is 12.5. The zero-order valence-corrected chi connectivity index (χ0v) is 16.4. The van der Waals surface area contributed by atoms with Gasteiger partial charge in [-0.05, 0) is 48.4 Å². The van der Waals surface area contributed by atoms with Gasteiger partial charge in [-0.1, -0.05) is 28.1 Å². The van der Waals surface area contributed by atoms with Crippen LogP contribution in [0.5, 0.6) is 0 Å². The molecule has 0 bridgehead atoms. The summed E-state index contributed by atoms with van der Waals surface area (Å²) >= 11 is 3.38. The summed E-state index contributed by atoms with van der Waals surface area (Å²) in [6.45, 7) is 6.11. The molecule has 0 aromatic heterocycles. The van der Waals surface area contributed by atoms with Gasteiger partial charge >= 0.3 is 0 Å². The third-order valence-corrected chi connectivity index (χ3v) is 6.42. The Hall–Kier alpha value is -1.41. The molecule has 25 heavy (non-hydrogen) atoms. The summed E-state index contributed by atoms with van der Waals surface area (Å²) in [6, 6.07) is 12.5. The van der Waals surface area contributed by atoms with E-state index in [2.05, 4.69) is 25.6 Å². The first-order valence-corrected chi connectivity index (χ1v) is 10.4. The van der Waals surface area contributed by atoms with Gasteiger partial charge in [-0.2, -0.15) is 0 Å². The van der Waals surface area contributed by atoms with Crippen LogP contribution in [0.4, 0.5) is 5.69 Å². The number of rotatable bonds is 5. The van der Waals surface area contributed by atoms with Gasteiger partial charge in [0.1, 0.15) is 0 Å². The van der Waals surface area contributed by atoms with E-state index in [1.807, 2.05) is 19.1 Å². The molecule has 1 saturated heterocycles. The van der Waals surface area contributed by atoms with E-state index >= 15 is 0 Å². The van der Waals surface area contributed by atoms with Crippen LogP contribution in [0.25, 0.3) is 0 Å². The fourth-order valence-electron chi connectivity index (χ4n) is 2.69. The van der Waals surface area contributed by atoms with E-state index < -0.39 is 10.0 Å². The second kappa shape index (κ2) is 7.86. The lowest BCUT2D eigenvalue weighted by Crippen LogP contribution is -2.35. The first-order chi connectivity index (χ1) is 11.9. The Kier molecular flexibility index (Phi) is 5.78. The van der Waals surface area contributed by atoms with Crippen LogP contribution >= 0.6 is 15.9 Å². The number of hydrogen-bond donors (Lipinski definition) is 1. The summed E-state index contributed by atoms with van der Waals surface area (Å²) in [7, 11) is -3.59. The summed E-state index contributed by atoms with van der Waals surface area (Å²) in [6.07, 6.45) is 0. The predicted octanol–water partition coefficient (Wildman–Crippen LogP) is 3.39. The molecule has 0 atom stereocenters. The highest BCUT2D eigenvalue weighted by Crippen LogP contribution is 2.22. The molecule has 1 fully saturated rings. The number of nitrogens with one attached hydrogen (secondary N) is 1. The van der Waals surface area contributed by atoms with Gasteiger partial charge < -0.3 is 4.74 Å². The second-order valence-corrected chi connectivity index (χ2v) is 8.64. The van der Waals surface area contributed by atoms with Crippen molar-refractivity contribution in [1.82, 2.24) is 4.90 Å². The number of nitrogens with zero attached hydrogens (tertiary/aromatic N) is 1. The summed E-state index contributed by atoms with van der Waals surface area (Å²) in [5.74, 6) is 0. The molecule has 5 nitrogen and oxygen atoms in total. The average molecular weight is 425 g/mol. The SMILES string of the molecule is Cc1cc(S(=O)(=O)Nc2ccc(CN3CCOCC3)cc2)ccc1Br. The predicted molar refractivity (Wildman–Crippen MR) is 102 cm³/mol. The Labute approximate surface area is 157 Å². The molecule has 0 amide bonds. The summed E-state index contributed by atoms with van der Waals surface area (Å²) in [4.78, 5) is 2.58. The highest BCUT2D eigenvalue weighted by Gasteiger charge is 2.15.